The number of halogens is 2. The topological polar surface area (TPSA) is 17.8 Å². The molecule has 0 aliphatic carbocycles. The lowest BCUT2D eigenvalue weighted by Gasteiger charge is -2.05. The standard InChI is InChI=1S/C14H10Cl2N2S/c15-9-11-8-13(14-2-1-7-19-14)18(17-11)12-5-3-10(16)4-6-12/h1-8H,9H2. The molecule has 19 heavy (non-hydrogen) atoms. The van der Waals surface area contributed by atoms with Crippen molar-refractivity contribution in [3.05, 3.63) is 58.6 Å². The van der Waals surface area contributed by atoms with Crippen LogP contribution in [0.1, 0.15) is 5.69 Å². The molecule has 5 heteroatoms. The third-order valence-corrected chi connectivity index (χ3v) is 4.16. The molecule has 0 N–H and O–H groups in total. The van der Waals surface area contributed by atoms with Crippen LogP contribution < -0.4 is 0 Å². The smallest absolute Gasteiger partial charge is 0.0843 e. The van der Waals surface area contributed by atoms with Crippen LogP contribution in [0.4, 0.5) is 0 Å². The van der Waals surface area contributed by atoms with Crippen molar-refractivity contribution in [3.63, 3.8) is 0 Å². The second kappa shape index (κ2) is 5.37. The molecule has 0 aliphatic rings. The fraction of sp³-hybridized carbons (Fsp3) is 0.0714. The summed E-state index contributed by atoms with van der Waals surface area (Å²) >= 11 is 13.5. The highest BCUT2D eigenvalue weighted by Crippen LogP contribution is 2.28. The maximum absolute atomic E-state index is 5.92. The van der Waals surface area contributed by atoms with Gasteiger partial charge in [-0.05, 0) is 41.8 Å². The number of alkyl halides is 1. The average molecular weight is 309 g/mol. The zero-order valence-electron chi connectivity index (χ0n) is 9.88. The van der Waals surface area contributed by atoms with Crippen molar-refractivity contribution in [1.29, 1.82) is 0 Å². The van der Waals surface area contributed by atoms with Crippen molar-refractivity contribution in [2.75, 3.05) is 0 Å². The van der Waals surface area contributed by atoms with E-state index in [2.05, 4.69) is 16.5 Å². The van der Waals surface area contributed by atoms with Gasteiger partial charge in [-0.1, -0.05) is 17.7 Å². The van der Waals surface area contributed by atoms with Crippen LogP contribution in [-0.4, -0.2) is 9.78 Å². The summed E-state index contributed by atoms with van der Waals surface area (Å²) in [4.78, 5) is 1.17. The van der Waals surface area contributed by atoms with Gasteiger partial charge in [0.05, 0.1) is 27.8 Å². The first kappa shape index (κ1) is 12.7. The molecule has 0 radical (unpaired) electrons. The van der Waals surface area contributed by atoms with E-state index in [9.17, 15) is 0 Å². The Bertz CT molecular complexity index is 672. The van der Waals surface area contributed by atoms with Crippen molar-refractivity contribution >= 4 is 34.5 Å². The van der Waals surface area contributed by atoms with Gasteiger partial charge < -0.3 is 0 Å². The number of aromatic nitrogens is 2. The average Bonchev–Trinajstić information content (AvgIpc) is 3.08. The molecule has 1 aromatic carbocycles. The van der Waals surface area contributed by atoms with E-state index in [4.69, 9.17) is 23.2 Å². The molecule has 0 spiro atoms. The summed E-state index contributed by atoms with van der Waals surface area (Å²) in [5, 5.41) is 7.30. The lowest BCUT2D eigenvalue weighted by Crippen LogP contribution is -1.98. The van der Waals surface area contributed by atoms with E-state index < -0.39 is 0 Å². The van der Waals surface area contributed by atoms with Crippen molar-refractivity contribution < 1.29 is 0 Å². The van der Waals surface area contributed by atoms with E-state index in [-0.39, 0.29) is 0 Å². The summed E-state index contributed by atoms with van der Waals surface area (Å²) in [5.74, 6) is 0.402. The zero-order chi connectivity index (χ0) is 13.2. The Kier molecular flexibility index (Phi) is 3.60. The van der Waals surface area contributed by atoms with Gasteiger partial charge in [0.25, 0.3) is 0 Å². The molecule has 0 atom stereocenters. The van der Waals surface area contributed by atoms with Crippen molar-refractivity contribution in [2.45, 2.75) is 5.88 Å². The molecule has 0 bridgehead atoms. The van der Waals surface area contributed by atoms with Gasteiger partial charge in [0.15, 0.2) is 0 Å². The van der Waals surface area contributed by atoms with Gasteiger partial charge in [-0.15, -0.1) is 22.9 Å². The summed E-state index contributed by atoms with van der Waals surface area (Å²) < 4.78 is 1.90. The van der Waals surface area contributed by atoms with E-state index in [0.29, 0.717) is 10.9 Å². The number of nitrogens with zero attached hydrogens (tertiary/aromatic N) is 2. The molecule has 2 aromatic heterocycles. The highest BCUT2D eigenvalue weighted by atomic mass is 35.5. The molecule has 3 aromatic rings. The van der Waals surface area contributed by atoms with Crippen LogP contribution in [0.25, 0.3) is 16.3 Å². The monoisotopic (exact) mass is 308 g/mol. The first-order valence-electron chi connectivity index (χ1n) is 5.72. The van der Waals surface area contributed by atoms with E-state index in [1.165, 1.54) is 4.88 Å². The lowest BCUT2D eigenvalue weighted by atomic mass is 10.3. The van der Waals surface area contributed by atoms with Crippen LogP contribution in [0.2, 0.25) is 5.02 Å². The van der Waals surface area contributed by atoms with Gasteiger partial charge in [0, 0.05) is 5.02 Å². The number of hydrogen-bond donors (Lipinski definition) is 0. The van der Waals surface area contributed by atoms with Crippen molar-refractivity contribution in [2.24, 2.45) is 0 Å². The summed E-state index contributed by atoms with van der Waals surface area (Å²) in [6.07, 6.45) is 0. The van der Waals surface area contributed by atoms with Gasteiger partial charge in [-0.25, -0.2) is 4.68 Å². The van der Waals surface area contributed by atoms with Crippen LogP contribution in [0.5, 0.6) is 0 Å². The third kappa shape index (κ3) is 2.54. The molecule has 0 saturated heterocycles. The van der Waals surface area contributed by atoms with Crippen LogP contribution >= 0.6 is 34.5 Å². The second-order valence-electron chi connectivity index (χ2n) is 4.02. The minimum atomic E-state index is 0.402. The van der Waals surface area contributed by atoms with Crippen LogP contribution in [-0.2, 0) is 5.88 Å². The lowest BCUT2D eigenvalue weighted by molar-refractivity contribution is 0.866. The largest absolute Gasteiger partial charge is 0.232 e. The SMILES string of the molecule is ClCc1cc(-c2cccs2)n(-c2ccc(Cl)cc2)n1. The molecule has 0 unspecified atom stereocenters. The van der Waals surface area contributed by atoms with Gasteiger partial charge in [0.1, 0.15) is 0 Å². The Morgan fingerprint density at radius 1 is 1.16 bits per heavy atom. The summed E-state index contributed by atoms with van der Waals surface area (Å²) in [7, 11) is 0. The minimum Gasteiger partial charge on any atom is -0.232 e. The molecule has 2 nitrogen and oxygen atoms in total. The number of rotatable bonds is 3. The third-order valence-electron chi connectivity index (χ3n) is 2.74. The van der Waals surface area contributed by atoms with Gasteiger partial charge in [0.2, 0.25) is 0 Å². The summed E-state index contributed by atoms with van der Waals surface area (Å²) in [6.45, 7) is 0. The van der Waals surface area contributed by atoms with E-state index >= 15 is 0 Å². The molecule has 0 saturated carbocycles. The molecule has 96 valence electrons. The first-order valence-corrected chi connectivity index (χ1v) is 7.52. The normalized spacial score (nSPS) is 10.8. The Morgan fingerprint density at radius 2 is 1.95 bits per heavy atom. The zero-order valence-corrected chi connectivity index (χ0v) is 12.2. The molecule has 2 heterocycles. The summed E-state index contributed by atoms with van der Waals surface area (Å²) in [5.41, 5.74) is 2.89. The number of hydrogen-bond acceptors (Lipinski definition) is 2. The predicted molar refractivity (Wildman–Crippen MR) is 81.4 cm³/mol. The van der Waals surface area contributed by atoms with Crippen LogP contribution in [0.3, 0.4) is 0 Å². The maximum Gasteiger partial charge on any atom is 0.0843 e. The first-order chi connectivity index (χ1) is 9.28. The quantitative estimate of drug-likeness (QED) is 0.623. The van der Waals surface area contributed by atoms with Gasteiger partial charge >= 0.3 is 0 Å². The molecular formula is C14H10Cl2N2S. The fourth-order valence-electron chi connectivity index (χ4n) is 1.87. The van der Waals surface area contributed by atoms with Crippen molar-refractivity contribution in [3.8, 4) is 16.3 Å². The fourth-order valence-corrected chi connectivity index (χ4v) is 2.86. The predicted octanol–water partition coefficient (Wildman–Crippen LogP) is 4.99. The molecule has 0 aliphatic heterocycles. The Balaban J connectivity index is 2.14. The summed E-state index contributed by atoms with van der Waals surface area (Å²) in [6, 6.07) is 13.7. The van der Waals surface area contributed by atoms with Gasteiger partial charge in [-0.2, -0.15) is 5.10 Å². The van der Waals surface area contributed by atoms with Crippen LogP contribution in [0, 0.1) is 0 Å². The van der Waals surface area contributed by atoms with E-state index in [1.807, 2.05) is 41.1 Å². The second-order valence-corrected chi connectivity index (χ2v) is 5.67. The van der Waals surface area contributed by atoms with Crippen LogP contribution in [0.15, 0.2) is 47.8 Å². The highest BCUT2D eigenvalue weighted by Gasteiger charge is 2.11. The number of benzene rings is 1. The Hall–Kier alpha value is -1.29. The van der Waals surface area contributed by atoms with E-state index in [0.717, 1.165) is 17.1 Å². The Labute approximate surface area is 125 Å². The Morgan fingerprint density at radius 3 is 2.58 bits per heavy atom. The van der Waals surface area contributed by atoms with E-state index in [1.54, 1.807) is 11.3 Å². The molecule has 0 fully saturated rings. The molecular weight excluding hydrogens is 299 g/mol. The van der Waals surface area contributed by atoms with Gasteiger partial charge in [-0.3, -0.25) is 0 Å². The molecule has 0 amide bonds. The minimum absolute atomic E-state index is 0.402. The molecule has 3 rings (SSSR count). The highest BCUT2D eigenvalue weighted by molar-refractivity contribution is 7.13. The van der Waals surface area contributed by atoms with Crippen molar-refractivity contribution in [1.82, 2.24) is 9.78 Å². The maximum atomic E-state index is 5.92. The number of thiophene rings is 1.